The normalized spacial score (nSPS) is 12.6. The summed E-state index contributed by atoms with van der Waals surface area (Å²) in [5.74, 6) is 1.20. The van der Waals surface area contributed by atoms with Crippen molar-refractivity contribution in [1.82, 2.24) is 14.9 Å². The van der Waals surface area contributed by atoms with Crippen LogP contribution in [0.25, 0.3) is 11.0 Å². The third kappa shape index (κ3) is 3.60. The van der Waals surface area contributed by atoms with E-state index in [1.165, 1.54) is 0 Å². The zero-order chi connectivity index (χ0) is 19.6. The number of aromatic nitrogens is 2. The van der Waals surface area contributed by atoms with Gasteiger partial charge in [0.1, 0.15) is 6.04 Å². The summed E-state index contributed by atoms with van der Waals surface area (Å²) in [6, 6.07) is 13.0. The summed E-state index contributed by atoms with van der Waals surface area (Å²) in [5, 5.41) is 3.13. The van der Waals surface area contributed by atoms with Crippen molar-refractivity contribution < 1.29 is 14.3 Å². The zero-order valence-corrected chi connectivity index (χ0v) is 16.3. The van der Waals surface area contributed by atoms with Gasteiger partial charge in [0.05, 0.1) is 37.1 Å². The van der Waals surface area contributed by atoms with Crippen LogP contribution in [0.2, 0.25) is 0 Å². The fourth-order valence-corrected chi connectivity index (χ4v) is 3.12. The summed E-state index contributed by atoms with van der Waals surface area (Å²) in [6.07, 6.45) is 1.71. The highest BCUT2D eigenvalue weighted by molar-refractivity contribution is 5.84. The van der Waals surface area contributed by atoms with Crippen LogP contribution in [0.3, 0.4) is 0 Å². The number of ether oxygens (including phenoxy) is 2. The Bertz CT molecular complexity index is 962. The number of hydrogen-bond donors (Lipinski definition) is 1. The zero-order valence-electron chi connectivity index (χ0n) is 16.3. The average Bonchev–Trinajstić information content (AvgIpc) is 3.10. The number of fused-ring (bicyclic) bond motifs is 1. The lowest BCUT2D eigenvalue weighted by atomic mass is 9.93. The van der Waals surface area contributed by atoms with E-state index >= 15 is 0 Å². The van der Waals surface area contributed by atoms with Crippen molar-refractivity contribution >= 4 is 16.9 Å². The van der Waals surface area contributed by atoms with Crippen LogP contribution < -0.4 is 14.8 Å². The Balaban J connectivity index is 1.83. The number of nitrogens with zero attached hydrogens (tertiary/aromatic N) is 2. The monoisotopic (exact) mass is 367 g/mol. The first-order chi connectivity index (χ1) is 12.9. The Morgan fingerprint density at radius 2 is 1.81 bits per heavy atom. The first-order valence-electron chi connectivity index (χ1n) is 8.83. The highest BCUT2D eigenvalue weighted by Gasteiger charge is 2.27. The van der Waals surface area contributed by atoms with Crippen LogP contribution in [0, 0.1) is 0 Å². The topological polar surface area (TPSA) is 65.4 Å². The molecule has 0 aliphatic heterocycles. The van der Waals surface area contributed by atoms with Crippen molar-refractivity contribution in [3.05, 3.63) is 54.4 Å². The summed E-state index contributed by atoms with van der Waals surface area (Å²) < 4.78 is 12.6. The maximum atomic E-state index is 12.9. The number of carbonyl (C=O) groups excluding carboxylic acids is 1. The molecule has 0 bridgehead atoms. The number of nitrogens with one attached hydrogen (secondary N) is 1. The fraction of sp³-hybridized carbons (Fsp3) is 0.333. The summed E-state index contributed by atoms with van der Waals surface area (Å²) >= 11 is 0. The smallest absolute Gasteiger partial charge is 0.243 e. The molecule has 1 unspecified atom stereocenters. The van der Waals surface area contributed by atoms with E-state index in [9.17, 15) is 4.79 Å². The maximum Gasteiger partial charge on any atom is 0.243 e. The minimum Gasteiger partial charge on any atom is -0.493 e. The Labute approximate surface area is 159 Å². The van der Waals surface area contributed by atoms with Gasteiger partial charge >= 0.3 is 0 Å². The quantitative estimate of drug-likeness (QED) is 0.722. The van der Waals surface area contributed by atoms with Gasteiger partial charge in [-0.2, -0.15) is 0 Å². The van der Waals surface area contributed by atoms with Gasteiger partial charge in [-0.05, 0) is 50.6 Å². The van der Waals surface area contributed by atoms with Gasteiger partial charge in [0.15, 0.2) is 11.5 Å². The Kier molecular flexibility index (Phi) is 5.08. The number of para-hydroxylation sites is 2. The number of rotatable bonds is 6. The lowest BCUT2D eigenvalue weighted by Gasteiger charge is -2.29. The number of methoxy groups -OCH3 is 2. The van der Waals surface area contributed by atoms with Crippen LogP contribution in [0.1, 0.15) is 32.4 Å². The number of carbonyl (C=O) groups is 1. The molecule has 1 aromatic heterocycles. The van der Waals surface area contributed by atoms with Gasteiger partial charge in [-0.1, -0.05) is 18.2 Å². The SMILES string of the molecule is COc1ccc(C(C)(C)NC(=O)C(C)n2cnc3ccccc32)cc1OC. The van der Waals surface area contributed by atoms with Crippen LogP contribution in [-0.4, -0.2) is 29.7 Å². The minimum atomic E-state index is -0.582. The summed E-state index contributed by atoms with van der Waals surface area (Å²) in [7, 11) is 3.20. The van der Waals surface area contributed by atoms with E-state index in [-0.39, 0.29) is 5.91 Å². The molecule has 0 saturated heterocycles. The molecule has 1 N–H and O–H groups in total. The predicted molar refractivity (Wildman–Crippen MR) is 105 cm³/mol. The van der Waals surface area contributed by atoms with Gasteiger partial charge < -0.3 is 19.4 Å². The third-order valence-corrected chi connectivity index (χ3v) is 4.82. The first kappa shape index (κ1) is 18.8. The van der Waals surface area contributed by atoms with Crippen molar-refractivity contribution in [2.24, 2.45) is 0 Å². The van der Waals surface area contributed by atoms with Gasteiger partial charge in [-0.3, -0.25) is 4.79 Å². The number of hydrogen-bond acceptors (Lipinski definition) is 4. The van der Waals surface area contributed by atoms with Crippen LogP contribution in [0.5, 0.6) is 11.5 Å². The van der Waals surface area contributed by atoms with E-state index in [1.54, 1.807) is 20.5 Å². The van der Waals surface area contributed by atoms with Crippen molar-refractivity contribution in [3.8, 4) is 11.5 Å². The summed E-state index contributed by atoms with van der Waals surface area (Å²) in [6.45, 7) is 5.80. The molecule has 6 heteroatoms. The maximum absolute atomic E-state index is 12.9. The van der Waals surface area contributed by atoms with Gasteiger partial charge in [0.25, 0.3) is 0 Å². The molecule has 3 aromatic rings. The van der Waals surface area contributed by atoms with Crippen molar-refractivity contribution in [3.63, 3.8) is 0 Å². The molecule has 27 heavy (non-hydrogen) atoms. The lowest BCUT2D eigenvalue weighted by Crippen LogP contribution is -2.43. The second kappa shape index (κ2) is 7.31. The number of amides is 1. The van der Waals surface area contributed by atoms with E-state index in [2.05, 4.69) is 10.3 Å². The van der Waals surface area contributed by atoms with E-state index in [4.69, 9.17) is 9.47 Å². The molecule has 142 valence electrons. The second-order valence-electron chi connectivity index (χ2n) is 7.00. The predicted octanol–water partition coefficient (Wildman–Crippen LogP) is 3.67. The molecule has 1 heterocycles. The Morgan fingerprint density at radius 1 is 1.11 bits per heavy atom. The van der Waals surface area contributed by atoms with Crippen LogP contribution in [-0.2, 0) is 10.3 Å². The molecule has 0 radical (unpaired) electrons. The highest BCUT2D eigenvalue weighted by atomic mass is 16.5. The first-order valence-corrected chi connectivity index (χ1v) is 8.83. The van der Waals surface area contributed by atoms with Gasteiger partial charge in [0.2, 0.25) is 5.91 Å². The van der Waals surface area contributed by atoms with Gasteiger partial charge in [0, 0.05) is 0 Å². The molecule has 0 aliphatic carbocycles. The molecular weight excluding hydrogens is 342 g/mol. The molecule has 6 nitrogen and oxygen atoms in total. The van der Waals surface area contributed by atoms with Crippen molar-refractivity contribution in [1.29, 1.82) is 0 Å². The molecule has 1 amide bonds. The van der Waals surface area contributed by atoms with Crippen LogP contribution >= 0.6 is 0 Å². The Morgan fingerprint density at radius 3 is 2.52 bits per heavy atom. The molecule has 0 aliphatic rings. The van der Waals surface area contributed by atoms with E-state index in [0.717, 1.165) is 16.6 Å². The average molecular weight is 367 g/mol. The number of benzene rings is 2. The molecule has 0 saturated carbocycles. The van der Waals surface area contributed by atoms with Crippen LogP contribution in [0.4, 0.5) is 0 Å². The third-order valence-electron chi connectivity index (χ3n) is 4.82. The standard InChI is InChI=1S/C21H25N3O3/c1-14(24-13-22-16-8-6-7-9-17(16)24)20(25)23-21(2,3)15-10-11-18(26-4)19(12-15)27-5/h6-14H,1-5H3,(H,23,25). The van der Waals surface area contributed by atoms with Gasteiger partial charge in [-0.15, -0.1) is 0 Å². The largest absolute Gasteiger partial charge is 0.493 e. The van der Waals surface area contributed by atoms with E-state index < -0.39 is 11.6 Å². The number of imidazole rings is 1. The molecule has 0 fully saturated rings. The highest BCUT2D eigenvalue weighted by Crippen LogP contribution is 2.32. The van der Waals surface area contributed by atoms with E-state index in [0.29, 0.717) is 11.5 Å². The Hall–Kier alpha value is -3.02. The van der Waals surface area contributed by atoms with Gasteiger partial charge in [-0.25, -0.2) is 4.98 Å². The minimum absolute atomic E-state index is 0.0852. The molecule has 2 aromatic carbocycles. The van der Waals surface area contributed by atoms with Crippen LogP contribution in [0.15, 0.2) is 48.8 Å². The summed E-state index contributed by atoms with van der Waals surface area (Å²) in [4.78, 5) is 17.3. The molecular formula is C21H25N3O3. The second-order valence-corrected chi connectivity index (χ2v) is 7.00. The van der Waals surface area contributed by atoms with Crippen molar-refractivity contribution in [2.45, 2.75) is 32.4 Å². The molecule has 3 rings (SSSR count). The summed E-state index contributed by atoms with van der Waals surface area (Å²) in [5.41, 5.74) is 2.15. The fourth-order valence-electron chi connectivity index (χ4n) is 3.12. The lowest BCUT2D eigenvalue weighted by molar-refractivity contribution is -0.125. The van der Waals surface area contributed by atoms with Crippen molar-refractivity contribution in [2.75, 3.05) is 14.2 Å². The van der Waals surface area contributed by atoms with E-state index in [1.807, 2.05) is 67.8 Å². The molecule has 1 atom stereocenters. The molecule has 0 spiro atoms.